The molecule has 1 heterocycles. The molecule has 0 radical (unpaired) electrons. The Bertz CT molecular complexity index is 812. The van der Waals surface area contributed by atoms with Crippen LogP contribution >= 0.6 is 0 Å². The first-order valence-electron chi connectivity index (χ1n) is 9.62. The summed E-state index contributed by atoms with van der Waals surface area (Å²) in [7, 11) is 4.00. The molecule has 28 heavy (non-hydrogen) atoms. The quantitative estimate of drug-likeness (QED) is 0.676. The van der Waals surface area contributed by atoms with Crippen LogP contribution in [0.5, 0.6) is 0 Å². The van der Waals surface area contributed by atoms with Gasteiger partial charge in [0.05, 0.1) is 6.10 Å². The van der Waals surface area contributed by atoms with Crippen LogP contribution in [-0.4, -0.2) is 44.2 Å². The van der Waals surface area contributed by atoms with Crippen LogP contribution in [0, 0.1) is 5.82 Å². The molecule has 0 aliphatic carbocycles. The van der Waals surface area contributed by atoms with Gasteiger partial charge in [-0.05, 0) is 54.3 Å². The zero-order chi connectivity index (χ0) is 19.9. The van der Waals surface area contributed by atoms with Crippen molar-refractivity contribution in [1.29, 1.82) is 0 Å². The van der Waals surface area contributed by atoms with Crippen molar-refractivity contribution in [2.45, 2.75) is 25.5 Å². The molecule has 0 saturated carbocycles. The van der Waals surface area contributed by atoms with Gasteiger partial charge in [0, 0.05) is 45.6 Å². The van der Waals surface area contributed by atoms with Gasteiger partial charge in [0.15, 0.2) is 0 Å². The summed E-state index contributed by atoms with van der Waals surface area (Å²) in [6, 6.07) is 14.4. The van der Waals surface area contributed by atoms with Gasteiger partial charge in [0.25, 0.3) is 0 Å². The molecule has 2 aromatic carbocycles. The van der Waals surface area contributed by atoms with Crippen molar-refractivity contribution in [3.8, 4) is 0 Å². The zero-order valence-corrected chi connectivity index (χ0v) is 16.5. The minimum atomic E-state index is -0.313. The van der Waals surface area contributed by atoms with Gasteiger partial charge in [-0.1, -0.05) is 24.3 Å². The highest BCUT2D eigenvalue weighted by Crippen LogP contribution is 2.18. The van der Waals surface area contributed by atoms with E-state index in [9.17, 15) is 9.18 Å². The van der Waals surface area contributed by atoms with Crippen LogP contribution in [-0.2, 0) is 16.1 Å². The van der Waals surface area contributed by atoms with Gasteiger partial charge in [-0.3, -0.25) is 4.79 Å². The van der Waals surface area contributed by atoms with Crippen molar-refractivity contribution in [1.82, 2.24) is 4.90 Å². The first kappa shape index (κ1) is 20.1. The fourth-order valence-electron chi connectivity index (χ4n) is 3.27. The fraction of sp³-hybridized carbons (Fsp3) is 0.348. The highest BCUT2D eigenvalue weighted by Gasteiger charge is 2.21. The number of ether oxygens (including phenoxy) is 1. The Labute approximate surface area is 166 Å². The molecule has 1 atom stereocenters. The van der Waals surface area contributed by atoms with Crippen LogP contribution in [0.15, 0.2) is 54.6 Å². The van der Waals surface area contributed by atoms with Crippen LogP contribution < -0.4 is 4.90 Å². The van der Waals surface area contributed by atoms with E-state index in [0.29, 0.717) is 18.7 Å². The lowest BCUT2D eigenvalue weighted by Gasteiger charge is -2.25. The van der Waals surface area contributed by atoms with E-state index in [-0.39, 0.29) is 17.8 Å². The molecule has 2 aromatic rings. The number of amides is 1. The average Bonchev–Trinajstić information content (AvgIpc) is 3.19. The van der Waals surface area contributed by atoms with Gasteiger partial charge < -0.3 is 14.5 Å². The number of rotatable bonds is 7. The second-order valence-electron chi connectivity index (χ2n) is 7.30. The maximum absolute atomic E-state index is 13.3. The van der Waals surface area contributed by atoms with Crippen LogP contribution in [0.25, 0.3) is 6.08 Å². The molecule has 1 aliphatic heterocycles. The summed E-state index contributed by atoms with van der Waals surface area (Å²) in [5.41, 5.74) is 2.85. The number of hydrogen-bond donors (Lipinski definition) is 0. The Balaban J connectivity index is 1.72. The van der Waals surface area contributed by atoms with Crippen molar-refractivity contribution >= 4 is 17.7 Å². The Kier molecular flexibility index (Phi) is 6.82. The molecule has 1 amide bonds. The van der Waals surface area contributed by atoms with Crippen LogP contribution in [0.4, 0.5) is 10.1 Å². The second-order valence-corrected chi connectivity index (χ2v) is 7.30. The molecule has 0 N–H and O–H groups in total. The number of hydrogen-bond acceptors (Lipinski definition) is 3. The van der Waals surface area contributed by atoms with E-state index in [2.05, 4.69) is 0 Å². The third-order valence-corrected chi connectivity index (χ3v) is 4.85. The summed E-state index contributed by atoms with van der Waals surface area (Å²) in [5, 5.41) is 0. The molecule has 1 saturated heterocycles. The minimum Gasteiger partial charge on any atom is -0.378 e. The van der Waals surface area contributed by atoms with Crippen LogP contribution in [0.3, 0.4) is 0 Å². The van der Waals surface area contributed by atoms with E-state index >= 15 is 0 Å². The molecule has 1 fully saturated rings. The number of carbonyl (C=O) groups is 1. The van der Waals surface area contributed by atoms with E-state index in [0.717, 1.165) is 30.7 Å². The molecule has 0 spiro atoms. The summed E-state index contributed by atoms with van der Waals surface area (Å²) in [6.07, 6.45) is 5.24. The standard InChI is InChI=1S/C23H27FN2O2/c1-25(2)21-11-8-19(9-12-21)16-26(17-22-7-4-14-28-22)23(27)13-10-18-5-3-6-20(24)15-18/h3,5-6,8-13,15,22H,4,7,14,16-17H2,1-2H3/b13-10+. The number of nitrogens with zero attached hydrogens (tertiary/aromatic N) is 2. The van der Waals surface area contributed by atoms with Crippen LogP contribution in [0.1, 0.15) is 24.0 Å². The Hall–Kier alpha value is -2.66. The largest absolute Gasteiger partial charge is 0.378 e. The lowest BCUT2D eigenvalue weighted by atomic mass is 10.1. The van der Waals surface area contributed by atoms with Crippen molar-refractivity contribution in [2.75, 3.05) is 32.1 Å². The van der Waals surface area contributed by atoms with E-state index in [1.165, 1.54) is 18.2 Å². The average molecular weight is 382 g/mol. The molecule has 1 aliphatic rings. The fourth-order valence-corrected chi connectivity index (χ4v) is 3.27. The summed E-state index contributed by atoms with van der Waals surface area (Å²) in [5.74, 6) is -0.414. The second kappa shape index (κ2) is 9.51. The summed E-state index contributed by atoms with van der Waals surface area (Å²) in [6.45, 7) is 1.82. The first-order valence-corrected chi connectivity index (χ1v) is 9.62. The van der Waals surface area contributed by atoms with Gasteiger partial charge in [-0.2, -0.15) is 0 Å². The van der Waals surface area contributed by atoms with Crippen molar-refractivity contribution in [2.24, 2.45) is 0 Å². The monoisotopic (exact) mass is 382 g/mol. The van der Waals surface area contributed by atoms with E-state index in [1.807, 2.05) is 43.3 Å². The van der Waals surface area contributed by atoms with Crippen LogP contribution in [0.2, 0.25) is 0 Å². The third-order valence-electron chi connectivity index (χ3n) is 4.85. The molecule has 0 bridgehead atoms. The van der Waals surface area contributed by atoms with Crippen molar-refractivity contribution in [3.63, 3.8) is 0 Å². The number of benzene rings is 2. The summed E-state index contributed by atoms with van der Waals surface area (Å²) in [4.78, 5) is 16.7. The van der Waals surface area contributed by atoms with E-state index in [4.69, 9.17) is 4.74 Å². The SMILES string of the molecule is CN(C)c1ccc(CN(CC2CCCO2)C(=O)/C=C/c2cccc(F)c2)cc1. The maximum atomic E-state index is 13.3. The predicted octanol–water partition coefficient (Wildman–Crippen LogP) is 4.11. The highest BCUT2D eigenvalue weighted by atomic mass is 19.1. The molecule has 5 heteroatoms. The Morgan fingerprint density at radius 3 is 2.64 bits per heavy atom. The lowest BCUT2D eigenvalue weighted by molar-refractivity contribution is -0.128. The van der Waals surface area contributed by atoms with Crippen molar-refractivity contribution in [3.05, 3.63) is 71.6 Å². The predicted molar refractivity (Wildman–Crippen MR) is 111 cm³/mol. The molecular formula is C23H27FN2O2. The normalized spacial score (nSPS) is 16.5. The van der Waals surface area contributed by atoms with E-state index < -0.39 is 0 Å². The Morgan fingerprint density at radius 1 is 1.21 bits per heavy atom. The topological polar surface area (TPSA) is 32.8 Å². The summed E-state index contributed by atoms with van der Waals surface area (Å²) >= 11 is 0. The number of halogens is 1. The summed E-state index contributed by atoms with van der Waals surface area (Å²) < 4.78 is 19.1. The molecule has 0 aromatic heterocycles. The molecule has 3 rings (SSSR count). The van der Waals surface area contributed by atoms with Gasteiger partial charge in [-0.15, -0.1) is 0 Å². The first-order chi connectivity index (χ1) is 13.5. The van der Waals surface area contributed by atoms with Gasteiger partial charge in [0.2, 0.25) is 5.91 Å². The maximum Gasteiger partial charge on any atom is 0.246 e. The minimum absolute atomic E-state index is 0.0765. The lowest BCUT2D eigenvalue weighted by Crippen LogP contribution is -2.35. The van der Waals surface area contributed by atoms with Gasteiger partial charge >= 0.3 is 0 Å². The smallest absolute Gasteiger partial charge is 0.246 e. The molecule has 1 unspecified atom stereocenters. The number of anilines is 1. The molecule has 148 valence electrons. The third kappa shape index (κ3) is 5.67. The zero-order valence-electron chi connectivity index (χ0n) is 16.5. The Morgan fingerprint density at radius 2 is 2.00 bits per heavy atom. The van der Waals surface area contributed by atoms with Gasteiger partial charge in [0.1, 0.15) is 5.82 Å². The highest BCUT2D eigenvalue weighted by molar-refractivity contribution is 5.91. The van der Waals surface area contributed by atoms with Crippen molar-refractivity contribution < 1.29 is 13.9 Å². The number of carbonyl (C=O) groups excluding carboxylic acids is 1. The molecule has 4 nitrogen and oxygen atoms in total. The molecular weight excluding hydrogens is 355 g/mol. The van der Waals surface area contributed by atoms with E-state index in [1.54, 1.807) is 23.1 Å². The van der Waals surface area contributed by atoms with Gasteiger partial charge in [-0.25, -0.2) is 4.39 Å².